The van der Waals surface area contributed by atoms with Gasteiger partial charge in [0.1, 0.15) is 61.4 Å². The van der Waals surface area contributed by atoms with Crippen molar-refractivity contribution < 1.29 is 79.0 Å². The molecule has 11 atom stereocenters. The van der Waals surface area contributed by atoms with Crippen LogP contribution in [0.25, 0.3) is 0 Å². The number of rotatable bonds is 14. The van der Waals surface area contributed by atoms with Gasteiger partial charge in [-0.3, -0.25) is 19.2 Å². The summed E-state index contributed by atoms with van der Waals surface area (Å²) in [6.07, 6.45) is -14.7. The third kappa shape index (κ3) is 9.73. The summed E-state index contributed by atoms with van der Waals surface area (Å²) in [6.45, 7) is -4.11. The largest absolute Gasteiger partial charge is 0.480 e. The molecule has 0 aromatic heterocycles. The fourth-order valence-electron chi connectivity index (χ4n) is 3.67. The van der Waals surface area contributed by atoms with E-state index >= 15 is 0 Å². The molecule has 41 heavy (non-hydrogen) atoms. The fraction of sp³-hybridized carbons (Fsp3) is 0.810. The highest BCUT2D eigenvalue weighted by atomic mass is 16.7. The quantitative estimate of drug-likeness (QED) is 0.0880. The van der Waals surface area contributed by atoms with Crippen LogP contribution in [0.15, 0.2) is 0 Å². The summed E-state index contributed by atoms with van der Waals surface area (Å²) >= 11 is 0. The molecule has 0 aliphatic carbocycles. The Kier molecular flexibility index (Phi) is 13.6. The maximum Gasteiger partial charge on any atom is 0.322 e. The van der Waals surface area contributed by atoms with E-state index in [1.807, 2.05) is 5.32 Å². The number of carbonyl (C=O) groups is 4. The van der Waals surface area contributed by atoms with Crippen molar-refractivity contribution in [3.63, 3.8) is 0 Å². The smallest absolute Gasteiger partial charge is 0.322 e. The van der Waals surface area contributed by atoms with Gasteiger partial charge in [0.2, 0.25) is 17.7 Å². The molecule has 0 unspecified atom stereocenters. The average molecular weight is 601 g/mol. The van der Waals surface area contributed by atoms with Crippen LogP contribution in [0.5, 0.6) is 0 Å². The summed E-state index contributed by atoms with van der Waals surface area (Å²) in [5.41, 5.74) is 5.32. The second-order valence-electron chi connectivity index (χ2n) is 9.13. The van der Waals surface area contributed by atoms with Gasteiger partial charge in [-0.15, -0.1) is 0 Å². The number of ether oxygens (including phenoxy) is 4. The number of aliphatic hydroxyl groups excluding tert-OH is 7. The molecule has 2 heterocycles. The van der Waals surface area contributed by atoms with Crippen molar-refractivity contribution in [2.75, 3.05) is 39.5 Å². The first kappa shape index (κ1) is 34.6. The first-order chi connectivity index (χ1) is 19.3. The van der Waals surface area contributed by atoms with E-state index in [0.717, 1.165) is 0 Å². The topological polar surface area (TPSA) is 329 Å². The van der Waals surface area contributed by atoms with Crippen molar-refractivity contribution in [3.8, 4) is 0 Å². The number of nitrogens with two attached hydrogens (primary N) is 1. The highest BCUT2D eigenvalue weighted by Gasteiger charge is 2.48. The third-order valence-corrected chi connectivity index (χ3v) is 6.04. The SMILES string of the molecule is N[C@@H](CO)C(=O)NCC(=O)N[C@@H](CO[C@@H]1OC[C@@H](O[C@@H]2O[C@H](CO)[C@H](O)[C@H](O)[C@H]2O)[C@H](O)[C@H]1O)C(=O)NCC(=O)O. The highest BCUT2D eigenvalue weighted by Crippen LogP contribution is 2.26. The van der Waals surface area contributed by atoms with Crippen molar-refractivity contribution in [1.82, 2.24) is 16.0 Å². The summed E-state index contributed by atoms with van der Waals surface area (Å²) in [6, 6.07) is -2.87. The summed E-state index contributed by atoms with van der Waals surface area (Å²) in [7, 11) is 0. The Labute approximate surface area is 231 Å². The highest BCUT2D eigenvalue weighted by molar-refractivity contribution is 5.92. The number of nitrogens with one attached hydrogen (secondary N) is 3. The van der Waals surface area contributed by atoms with E-state index in [0.29, 0.717) is 0 Å². The van der Waals surface area contributed by atoms with Gasteiger partial charge in [0.05, 0.1) is 33.0 Å². The van der Waals surface area contributed by atoms with E-state index in [1.165, 1.54) is 0 Å². The number of carboxylic acids is 1. The van der Waals surface area contributed by atoms with Crippen LogP contribution in [-0.4, -0.2) is 171 Å². The van der Waals surface area contributed by atoms with Gasteiger partial charge in [-0.1, -0.05) is 0 Å². The van der Waals surface area contributed by atoms with Gasteiger partial charge >= 0.3 is 5.97 Å². The minimum atomic E-state index is -1.84. The predicted octanol–water partition coefficient (Wildman–Crippen LogP) is -8.61. The van der Waals surface area contributed by atoms with Crippen LogP contribution in [0.4, 0.5) is 0 Å². The summed E-state index contributed by atoms with van der Waals surface area (Å²) in [4.78, 5) is 47.1. The number of carboxylic acid groups (broad SMARTS) is 1. The first-order valence-corrected chi connectivity index (χ1v) is 12.3. The van der Waals surface area contributed by atoms with Gasteiger partial charge in [0.25, 0.3) is 0 Å². The third-order valence-electron chi connectivity index (χ3n) is 6.04. The second-order valence-corrected chi connectivity index (χ2v) is 9.13. The molecule has 0 aromatic carbocycles. The Morgan fingerprint density at radius 2 is 1.51 bits per heavy atom. The van der Waals surface area contributed by atoms with Crippen molar-refractivity contribution in [3.05, 3.63) is 0 Å². The molecular formula is C21H36N4O16. The Bertz CT molecular complexity index is 896. The Hall–Kier alpha value is -2.60. The Balaban J connectivity index is 1.97. The molecule has 0 aromatic rings. The zero-order valence-electron chi connectivity index (χ0n) is 21.5. The van der Waals surface area contributed by atoms with Crippen LogP contribution in [0.2, 0.25) is 0 Å². The van der Waals surface area contributed by atoms with Crippen molar-refractivity contribution in [1.29, 1.82) is 0 Å². The molecule has 2 fully saturated rings. The number of hydrogen-bond acceptors (Lipinski definition) is 16. The van der Waals surface area contributed by atoms with Crippen LogP contribution in [0, 0.1) is 0 Å². The fourth-order valence-corrected chi connectivity index (χ4v) is 3.67. The van der Waals surface area contributed by atoms with Crippen LogP contribution >= 0.6 is 0 Å². The molecule has 236 valence electrons. The summed E-state index contributed by atoms with van der Waals surface area (Å²) in [5, 5.41) is 84.1. The molecule has 2 aliphatic rings. The monoisotopic (exact) mass is 600 g/mol. The second kappa shape index (κ2) is 16.1. The molecule has 2 saturated heterocycles. The molecule has 0 saturated carbocycles. The minimum Gasteiger partial charge on any atom is -0.480 e. The van der Waals surface area contributed by atoms with Gasteiger partial charge in [-0.25, -0.2) is 0 Å². The van der Waals surface area contributed by atoms with Gasteiger partial charge in [0, 0.05) is 0 Å². The molecule has 20 nitrogen and oxygen atoms in total. The maximum atomic E-state index is 12.4. The van der Waals surface area contributed by atoms with Gasteiger partial charge in [-0.05, 0) is 0 Å². The molecule has 2 aliphatic heterocycles. The van der Waals surface area contributed by atoms with Gasteiger partial charge in [0.15, 0.2) is 12.6 Å². The van der Waals surface area contributed by atoms with Crippen LogP contribution < -0.4 is 21.7 Å². The van der Waals surface area contributed by atoms with Gasteiger partial charge < -0.3 is 81.5 Å². The average Bonchev–Trinajstić information content (AvgIpc) is 2.95. The lowest BCUT2D eigenvalue weighted by Gasteiger charge is -2.43. The molecule has 20 heteroatoms. The number of hydrogen-bond donors (Lipinski definition) is 12. The number of amides is 3. The standard InChI is InChI=1S/C21H36N4O16/c22-7(3-26)18(36)23-1-11(28)25-8(19(37)24-2-12(29)30)5-38-20-16(34)14(32)10(6-39-20)41-21-17(35)15(33)13(31)9(4-27)40-21/h7-10,13-17,20-21,26-27,31-35H,1-6,22H2,(H,23,36)(H,24,37)(H,25,28)(H,29,30)/t7-,8-,9+,10+,13-,14-,15-,16+,17+,20+,21-/m0/s1. The van der Waals surface area contributed by atoms with Gasteiger partial charge in [-0.2, -0.15) is 0 Å². The minimum absolute atomic E-state index is 0.489. The molecule has 3 amide bonds. The molecule has 2 rings (SSSR count). The molecule has 13 N–H and O–H groups in total. The van der Waals surface area contributed by atoms with E-state index in [9.17, 15) is 49.8 Å². The predicted molar refractivity (Wildman–Crippen MR) is 127 cm³/mol. The number of carbonyl (C=O) groups excluding carboxylic acids is 3. The summed E-state index contributed by atoms with van der Waals surface area (Å²) in [5.74, 6) is -4.21. The lowest BCUT2D eigenvalue weighted by molar-refractivity contribution is -0.343. The van der Waals surface area contributed by atoms with E-state index in [1.54, 1.807) is 0 Å². The normalized spacial score (nSPS) is 33.3. The lowest BCUT2D eigenvalue weighted by Crippen LogP contribution is -2.62. The van der Waals surface area contributed by atoms with E-state index in [4.69, 9.17) is 34.9 Å². The van der Waals surface area contributed by atoms with Crippen LogP contribution in [0.3, 0.4) is 0 Å². The zero-order chi connectivity index (χ0) is 30.9. The van der Waals surface area contributed by atoms with E-state index < -0.39 is 131 Å². The Morgan fingerprint density at radius 1 is 0.878 bits per heavy atom. The lowest BCUT2D eigenvalue weighted by atomic mass is 9.99. The first-order valence-electron chi connectivity index (χ1n) is 12.3. The maximum absolute atomic E-state index is 12.4. The van der Waals surface area contributed by atoms with E-state index in [-0.39, 0.29) is 0 Å². The van der Waals surface area contributed by atoms with Crippen LogP contribution in [0.1, 0.15) is 0 Å². The zero-order valence-corrected chi connectivity index (χ0v) is 21.5. The molecule has 0 spiro atoms. The van der Waals surface area contributed by atoms with Crippen molar-refractivity contribution >= 4 is 23.7 Å². The summed E-state index contributed by atoms with van der Waals surface area (Å²) < 4.78 is 21.2. The molecule has 0 bridgehead atoms. The van der Waals surface area contributed by atoms with Crippen molar-refractivity contribution in [2.24, 2.45) is 5.73 Å². The Morgan fingerprint density at radius 3 is 2.12 bits per heavy atom. The molecular weight excluding hydrogens is 564 g/mol. The number of aliphatic hydroxyl groups is 7. The van der Waals surface area contributed by atoms with E-state index in [2.05, 4.69) is 10.6 Å². The molecule has 0 radical (unpaired) electrons. The van der Waals surface area contributed by atoms with Crippen molar-refractivity contribution in [2.45, 2.75) is 67.4 Å². The number of aliphatic carboxylic acids is 1. The van der Waals surface area contributed by atoms with Crippen LogP contribution in [-0.2, 0) is 38.1 Å².